The number of amides is 1. The van der Waals surface area contributed by atoms with Crippen LogP contribution in [0.1, 0.15) is 27.5 Å². The highest BCUT2D eigenvalue weighted by Crippen LogP contribution is 2.36. The zero-order valence-corrected chi connectivity index (χ0v) is 18.8. The molecule has 0 saturated carbocycles. The van der Waals surface area contributed by atoms with Gasteiger partial charge in [0.1, 0.15) is 22.7 Å². The van der Waals surface area contributed by atoms with Crippen molar-refractivity contribution in [3.05, 3.63) is 71.2 Å². The Kier molecular flexibility index (Phi) is 6.61. The van der Waals surface area contributed by atoms with Crippen LogP contribution in [0.15, 0.2) is 52.9 Å². The molecule has 0 aliphatic rings. The van der Waals surface area contributed by atoms with Crippen LogP contribution in [-0.4, -0.2) is 30.1 Å². The summed E-state index contributed by atoms with van der Waals surface area (Å²) in [7, 11) is 2.88. The first-order valence-electron chi connectivity index (χ1n) is 10.4. The third-order valence-electron chi connectivity index (χ3n) is 5.25. The van der Waals surface area contributed by atoms with Gasteiger partial charge in [0, 0.05) is 17.5 Å². The Balaban J connectivity index is 1.69. The molecule has 3 N–H and O–H groups in total. The number of halogens is 3. The highest BCUT2D eigenvalue weighted by Gasteiger charge is 2.33. The van der Waals surface area contributed by atoms with Gasteiger partial charge in [0.2, 0.25) is 5.89 Å². The monoisotopic (exact) mass is 486 g/mol. The second-order valence-electron chi connectivity index (χ2n) is 7.43. The molecule has 2 aromatic carbocycles. The van der Waals surface area contributed by atoms with Crippen LogP contribution in [0.25, 0.3) is 22.4 Å². The Morgan fingerprint density at radius 3 is 2.57 bits per heavy atom. The number of alkyl halides is 3. The number of fused-ring (bicyclic) bond motifs is 1. The van der Waals surface area contributed by atoms with Gasteiger partial charge in [-0.1, -0.05) is 12.1 Å². The number of rotatable bonds is 7. The minimum Gasteiger partial charge on any atom is -0.497 e. The number of nitrogens with one attached hydrogen (secondary N) is 1. The highest BCUT2D eigenvalue weighted by molar-refractivity contribution is 5.98. The summed E-state index contributed by atoms with van der Waals surface area (Å²) in [5, 5.41) is 3.07. The lowest BCUT2D eigenvalue weighted by atomic mass is 10.1. The molecule has 0 aliphatic carbocycles. The van der Waals surface area contributed by atoms with Crippen LogP contribution in [0, 0.1) is 0 Å². The minimum absolute atomic E-state index is 0.0173. The number of carbonyl (C=O) groups is 1. The van der Waals surface area contributed by atoms with Gasteiger partial charge >= 0.3 is 6.18 Å². The summed E-state index contributed by atoms with van der Waals surface area (Å²) >= 11 is 0. The summed E-state index contributed by atoms with van der Waals surface area (Å²) in [6.07, 6.45) is -4.63. The van der Waals surface area contributed by atoms with Gasteiger partial charge in [0.25, 0.3) is 5.91 Å². The SMILES string of the molecule is COc1cccc(CNC(=O)c2nc(-c3ccc(OC)c4nc(C(F)(F)F)ccc34)oc2CN)c1. The van der Waals surface area contributed by atoms with E-state index in [2.05, 4.69) is 15.3 Å². The second-order valence-corrected chi connectivity index (χ2v) is 7.43. The summed E-state index contributed by atoms with van der Waals surface area (Å²) in [5.74, 6) is 0.435. The van der Waals surface area contributed by atoms with E-state index in [4.69, 9.17) is 19.6 Å². The van der Waals surface area contributed by atoms with Crippen LogP contribution in [0.3, 0.4) is 0 Å². The van der Waals surface area contributed by atoms with Gasteiger partial charge in [-0.25, -0.2) is 9.97 Å². The van der Waals surface area contributed by atoms with E-state index in [0.29, 0.717) is 16.7 Å². The Hall–Kier alpha value is -4.12. The zero-order chi connectivity index (χ0) is 25.2. The van der Waals surface area contributed by atoms with Crippen LogP contribution >= 0.6 is 0 Å². The number of methoxy groups -OCH3 is 2. The predicted molar refractivity (Wildman–Crippen MR) is 121 cm³/mol. The van der Waals surface area contributed by atoms with E-state index in [9.17, 15) is 18.0 Å². The molecule has 1 amide bonds. The van der Waals surface area contributed by atoms with E-state index in [0.717, 1.165) is 11.6 Å². The van der Waals surface area contributed by atoms with Crippen LogP contribution in [0.2, 0.25) is 0 Å². The fraction of sp³-hybridized carbons (Fsp3) is 0.208. The highest BCUT2D eigenvalue weighted by atomic mass is 19.4. The van der Waals surface area contributed by atoms with Crippen molar-refractivity contribution < 1.29 is 31.9 Å². The van der Waals surface area contributed by atoms with Gasteiger partial charge in [0.05, 0.1) is 20.8 Å². The molecular weight excluding hydrogens is 465 g/mol. The molecule has 8 nitrogen and oxygen atoms in total. The summed E-state index contributed by atoms with van der Waals surface area (Å²) in [6, 6.07) is 12.3. The number of pyridine rings is 1. The van der Waals surface area contributed by atoms with E-state index in [1.807, 2.05) is 6.07 Å². The zero-order valence-electron chi connectivity index (χ0n) is 18.8. The van der Waals surface area contributed by atoms with E-state index in [1.165, 1.54) is 19.2 Å². The molecule has 2 heterocycles. The lowest BCUT2D eigenvalue weighted by Crippen LogP contribution is -2.24. The maximum absolute atomic E-state index is 13.2. The number of benzene rings is 2. The standard InChI is InChI=1S/C24H21F3N4O4/c1-33-14-5-3-4-13(10-14)12-29-22(32)21-18(11-28)35-23(31-21)16-6-8-17(34-2)20-15(16)7-9-19(30-20)24(25,26)27/h3-10H,11-12,28H2,1-2H3,(H,29,32). The summed E-state index contributed by atoms with van der Waals surface area (Å²) in [5.41, 5.74) is 5.81. The van der Waals surface area contributed by atoms with E-state index in [1.54, 1.807) is 31.4 Å². The van der Waals surface area contributed by atoms with Gasteiger partial charge in [-0.15, -0.1) is 0 Å². The largest absolute Gasteiger partial charge is 0.497 e. The fourth-order valence-electron chi connectivity index (χ4n) is 3.53. The molecule has 11 heteroatoms. The first-order valence-corrected chi connectivity index (χ1v) is 10.4. The number of hydrogen-bond acceptors (Lipinski definition) is 7. The molecule has 35 heavy (non-hydrogen) atoms. The molecule has 0 aliphatic heterocycles. The van der Waals surface area contributed by atoms with Crippen LogP contribution in [-0.2, 0) is 19.3 Å². The second kappa shape index (κ2) is 9.63. The third-order valence-corrected chi connectivity index (χ3v) is 5.25. The van der Waals surface area contributed by atoms with Crippen molar-refractivity contribution in [1.82, 2.24) is 15.3 Å². The molecule has 0 radical (unpaired) electrons. The number of hydrogen-bond donors (Lipinski definition) is 2. The molecule has 0 unspecified atom stereocenters. The Labute approximate surface area is 197 Å². The fourth-order valence-corrected chi connectivity index (χ4v) is 3.53. The molecule has 0 fully saturated rings. The molecular formula is C24H21F3N4O4. The van der Waals surface area contributed by atoms with E-state index < -0.39 is 17.8 Å². The van der Waals surface area contributed by atoms with Gasteiger partial charge in [-0.05, 0) is 42.0 Å². The van der Waals surface area contributed by atoms with Crippen molar-refractivity contribution in [1.29, 1.82) is 0 Å². The molecule has 0 bridgehead atoms. The van der Waals surface area contributed by atoms with Crippen molar-refractivity contribution in [3.8, 4) is 23.0 Å². The maximum Gasteiger partial charge on any atom is 0.433 e. The third kappa shape index (κ3) is 4.90. The Morgan fingerprint density at radius 2 is 1.89 bits per heavy atom. The Morgan fingerprint density at radius 1 is 1.09 bits per heavy atom. The number of oxazole rings is 1. The molecule has 2 aromatic heterocycles. The molecule has 0 spiro atoms. The molecule has 4 aromatic rings. The van der Waals surface area contributed by atoms with Gasteiger partial charge < -0.3 is 24.9 Å². The topological polar surface area (TPSA) is 112 Å². The quantitative estimate of drug-likeness (QED) is 0.400. The van der Waals surface area contributed by atoms with E-state index in [-0.39, 0.29) is 41.7 Å². The average Bonchev–Trinajstić information content (AvgIpc) is 3.30. The van der Waals surface area contributed by atoms with Crippen molar-refractivity contribution in [3.63, 3.8) is 0 Å². The first-order chi connectivity index (χ1) is 16.7. The minimum atomic E-state index is -4.63. The average molecular weight is 486 g/mol. The number of nitrogens with zero attached hydrogens (tertiary/aromatic N) is 2. The van der Waals surface area contributed by atoms with Crippen molar-refractivity contribution in [2.24, 2.45) is 5.73 Å². The molecule has 182 valence electrons. The molecule has 0 saturated heterocycles. The normalized spacial score (nSPS) is 11.5. The van der Waals surface area contributed by atoms with E-state index >= 15 is 0 Å². The Bertz CT molecular complexity index is 1390. The first kappa shape index (κ1) is 24.0. The summed E-state index contributed by atoms with van der Waals surface area (Å²) in [6.45, 7) is 0.0946. The molecule has 4 rings (SSSR count). The number of nitrogens with two attached hydrogens (primary N) is 1. The van der Waals surface area contributed by atoms with Gasteiger partial charge in [0.15, 0.2) is 11.5 Å². The van der Waals surface area contributed by atoms with Gasteiger partial charge in [-0.3, -0.25) is 4.79 Å². The number of carbonyl (C=O) groups excluding carboxylic acids is 1. The molecule has 0 atom stereocenters. The van der Waals surface area contributed by atoms with Crippen LogP contribution in [0.5, 0.6) is 11.5 Å². The van der Waals surface area contributed by atoms with Crippen molar-refractivity contribution >= 4 is 16.8 Å². The maximum atomic E-state index is 13.2. The predicted octanol–water partition coefficient (Wildman–Crippen LogP) is 4.31. The summed E-state index contributed by atoms with van der Waals surface area (Å²) < 4.78 is 55.7. The van der Waals surface area contributed by atoms with Crippen molar-refractivity contribution in [2.45, 2.75) is 19.3 Å². The summed E-state index contributed by atoms with van der Waals surface area (Å²) in [4.78, 5) is 20.9. The van der Waals surface area contributed by atoms with Crippen LogP contribution < -0.4 is 20.5 Å². The number of aromatic nitrogens is 2. The lowest BCUT2D eigenvalue weighted by molar-refractivity contribution is -0.140. The van der Waals surface area contributed by atoms with Crippen LogP contribution in [0.4, 0.5) is 13.2 Å². The lowest BCUT2D eigenvalue weighted by Gasteiger charge is -2.11. The van der Waals surface area contributed by atoms with Crippen molar-refractivity contribution in [2.75, 3.05) is 14.2 Å². The van der Waals surface area contributed by atoms with Gasteiger partial charge in [-0.2, -0.15) is 13.2 Å². The number of ether oxygens (including phenoxy) is 2. The smallest absolute Gasteiger partial charge is 0.433 e.